The Hall–Kier alpha value is -3.09. The molecule has 2 aromatic rings. The van der Waals surface area contributed by atoms with Gasteiger partial charge in [-0.05, 0) is 49.1 Å². The molecule has 0 atom stereocenters. The van der Waals surface area contributed by atoms with Gasteiger partial charge >= 0.3 is 0 Å². The number of likely N-dealkylation sites (tertiary alicyclic amines) is 1. The summed E-state index contributed by atoms with van der Waals surface area (Å²) in [5, 5.41) is 6.17. The number of carbonyl (C=O) groups excluding carboxylic acids is 2. The predicted octanol–water partition coefficient (Wildman–Crippen LogP) is 2.49. The second-order valence-electron chi connectivity index (χ2n) is 7.05. The van der Waals surface area contributed by atoms with Gasteiger partial charge in [-0.15, -0.1) is 0 Å². The summed E-state index contributed by atoms with van der Waals surface area (Å²) in [6.45, 7) is 2.89. The van der Waals surface area contributed by atoms with Gasteiger partial charge in [0, 0.05) is 44.4 Å². The third-order valence-corrected chi connectivity index (χ3v) is 4.96. The smallest absolute Gasteiger partial charge is 0.251 e. The van der Waals surface area contributed by atoms with Crippen LogP contribution in [0.15, 0.2) is 42.6 Å². The molecule has 1 aliphatic heterocycles. The lowest BCUT2D eigenvalue weighted by molar-refractivity contribution is -0.127. The number of benzene rings is 1. The number of hydrogen-bond acceptors (Lipinski definition) is 5. The van der Waals surface area contributed by atoms with E-state index in [-0.39, 0.29) is 11.8 Å². The first kappa shape index (κ1) is 20.6. The van der Waals surface area contributed by atoms with Gasteiger partial charge in [-0.2, -0.15) is 0 Å². The van der Waals surface area contributed by atoms with Crippen molar-refractivity contribution in [3.05, 3.63) is 53.7 Å². The summed E-state index contributed by atoms with van der Waals surface area (Å²) < 4.78 is 5.15. The van der Waals surface area contributed by atoms with Crippen LogP contribution in [0.4, 0.5) is 5.82 Å². The van der Waals surface area contributed by atoms with Gasteiger partial charge in [-0.1, -0.05) is 12.1 Å². The number of hydrogen-bond donors (Lipinski definition) is 2. The van der Waals surface area contributed by atoms with E-state index in [0.29, 0.717) is 30.9 Å². The molecule has 154 valence electrons. The van der Waals surface area contributed by atoms with E-state index in [0.717, 1.165) is 43.7 Å². The Balaban J connectivity index is 1.40. The van der Waals surface area contributed by atoms with Crippen LogP contribution in [0.2, 0.25) is 0 Å². The Morgan fingerprint density at radius 1 is 1.21 bits per heavy atom. The molecule has 1 saturated heterocycles. The Kier molecular flexibility index (Phi) is 7.44. The van der Waals surface area contributed by atoms with Gasteiger partial charge in [0.1, 0.15) is 11.6 Å². The topological polar surface area (TPSA) is 83.6 Å². The van der Waals surface area contributed by atoms with Crippen LogP contribution in [0.5, 0.6) is 5.75 Å². The number of nitrogens with zero attached hydrogens (tertiary/aromatic N) is 2. The third-order valence-electron chi connectivity index (χ3n) is 4.96. The van der Waals surface area contributed by atoms with Crippen LogP contribution in [0.3, 0.4) is 0 Å². The first-order valence-electron chi connectivity index (χ1n) is 10.0. The fraction of sp³-hybridized carbons (Fsp3) is 0.409. The minimum Gasteiger partial charge on any atom is -0.497 e. The maximum Gasteiger partial charge on any atom is 0.251 e. The lowest BCUT2D eigenvalue weighted by Gasteiger charge is -2.15. The SMILES string of the molecule is COc1ccc(CCNC(=O)c2ccnc(NCCCN3CCCC3=O)c2)cc1. The molecular formula is C22H28N4O3. The average molecular weight is 396 g/mol. The largest absolute Gasteiger partial charge is 0.497 e. The van der Waals surface area contributed by atoms with Gasteiger partial charge in [-0.25, -0.2) is 4.98 Å². The quantitative estimate of drug-likeness (QED) is 0.603. The summed E-state index contributed by atoms with van der Waals surface area (Å²) in [5.74, 6) is 1.62. The van der Waals surface area contributed by atoms with Crippen LogP contribution >= 0.6 is 0 Å². The minimum absolute atomic E-state index is 0.119. The molecule has 3 rings (SSSR count). The van der Waals surface area contributed by atoms with E-state index < -0.39 is 0 Å². The number of pyridine rings is 1. The zero-order valence-corrected chi connectivity index (χ0v) is 16.8. The molecule has 2 heterocycles. The van der Waals surface area contributed by atoms with Gasteiger partial charge in [-0.3, -0.25) is 9.59 Å². The number of nitrogens with one attached hydrogen (secondary N) is 2. The lowest BCUT2D eigenvalue weighted by Crippen LogP contribution is -2.27. The molecule has 1 aromatic heterocycles. The second-order valence-corrected chi connectivity index (χ2v) is 7.05. The highest BCUT2D eigenvalue weighted by molar-refractivity contribution is 5.94. The minimum atomic E-state index is -0.119. The van der Waals surface area contributed by atoms with Gasteiger partial charge in [0.2, 0.25) is 5.91 Å². The van der Waals surface area contributed by atoms with E-state index in [4.69, 9.17) is 4.74 Å². The standard InChI is InChI=1S/C22H28N4O3/c1-29-19-7-5-17(6-8-19)9-12-25-22(28)18-10-13-24-20(16-18)23-11-3-15-26-14-2-4-21(26)27/h5-8,10,13,16H,2-4,9,11-12,14-15H2,1H3,(H,23,24)(H,25,28). The molecule has 0 radical (unpaired) electrons. The first-order chi connectivity index (χ1) is 14.2. The molecule has 0 spiro atoms. The zero-order chi connectivity index (χ0) is 20.5. The maximum absolute atomic E-state index is 12.4. The van der Waals surface area contributed by atoms with Gasteiger partial charge in [0.25, 0.3) is 5.91 Å². The van der Waals surface area contributed by atoms with Crippen molar-refractivity contribution in [2.24, 2.45) is 0 Å². The van der Waals surface area contributed by atoms with Gasteiger partial charge < -0.3 is 20.3 Å². The molecule has 2 N–H and O–H groups in total. The van der Waals surface area contributed by atoms with Crippen LogP contribution in [0.1, 0.15) is 35.2 Å². The van der Waals surface area contributed by atoms with Crippen molar-refractivity contribution in [2.75, 3.05) is 38.6 Å². The molecule has 0 saturated carbocycles. The van der Waals surface area contributed by atoms with Crippen molar-refractivity contribution in [2.45, 2.75) is 25.7 Å². The molecule has 7 heteroatoms. The van der Waals surface area contributed by atoms with Gasteiger partial charge in [0.15, 0.2) is 0 Å². The highest BCUT2D eigenvalue weighted by Crippen LogP contribution is 2.12. The molecule has 7 nitrogen and oxygen atoms in total. The molecule has 2 amide bonds. The second kappa shape index (κ2) is 10.5. The van der Waals surface area contributed by atoms with E-state index in [1.165, 1.54) is 0 Å². The molecule has 0 bridgehead atoms. The highest BCUT2D eigenvalue weighted by Gasteiger charge is 2.18. The molecule has 1 aliphatic rings. The lowest BCUT2D eigenvalue weighted by atomic mass is 10.1. The van der Waals surface area contributed by atoms with Crippen LogP contribution in [-0.2, 0) is 11.2 Å². The van der Waals surface area contributed by atoms with Crippen molar-refractivity contribution in [3.63, 3.8) is 0 Å². The van der Waals surface area contributed by atoms with Crippen molar-refractivity contribution in [1.82, 2.24) is 15.2 Å². The molecule has 1 aromatic carbocycles. The van der Waals surface area contributed by atoms with Crippen LogP contribution in [-0.4, -0.2) is 55.0 Å². The third kappa shape index (κ3) is 6.20. The van der Waals surface area contributed by atoms with E-state index >= 15 is 0 Å². The van der Waals surface area contributed by atoms with Crippen LogP contribution < -0.4 is 15.4 Å². The fourth-order valence-corrected chi connectivity index (χ4v) is 3.31. The predicted molar refractivity (Wildman–Crippen MR) is 112 cm³/mol. The van der Waals surface area contributed by atoms with Crippen molar-refractivity contribution < 1.29 is 14.3 Å². The summed E-state index contributed by atoms with van der Waals surface area (Å²) >= 11 is 0. The van der Waals surface area contributed by atoms with Crippen LogP contribution in [0, 0.1) is 0 Å². The summed E-state index contributed by atoms with van der Waals surface area (Å²) in [5.41, 5.74) is 1.71. The van der Waals surface area contributed by atoms with Crippen molar-refractivity contribution >= 4 is 17.6 Å². The summed E-state index contributed by atoms with van der Waals surface area (Å²) in [6.07, 6.45) is 4.87. The monoisotopic (exact) mass is 396 g/mol. The van der Waals surface area contributed by atoms with E-state index in [2.05, 4.69) is 15.6 Å². The number of ether oxygens (including phenoxy) is 1. The van der Waals surface area contributed by atoms with Crippen LogP contribution in [0.25, 0.3) is 0 Å². The summed E-state index contributed by atoms with van der Waals surface area (Å²) in [4.78, 5) is 30.2. The number of aromatic nitrogens is 1. The fourth-order valence-electron chi connectivity index (χ4n) is 3.31. The molecule has 29 heavy (non-hydrogen) atoms. The molecule has 0 aliphatic carbocycles. The Bertz CT molecular complexity index is 823. The highest BCUT2D eigenvalue weighted by atomic mass is 16.5. The first-order valence-corrected chi connectivity index (χ1v) is 10.0. The Labute approximate surface area is 171 Å². The Morgan fingerprint density at radius 2 is 2.03 bits per heavy atom. The van der Waals surface area contributed by atoms with Crippen molar-refractivity contribution in [1.29, 1.82) is 0 Å². The molecular weight excluding hydrogens is 368 g/mol. The molecule has 1 fully saturated rings. The van der Waals surface area contributed by atoms with E-state index in [9.17, 15) is 9.59 Å². The number of amides is 2. The average Bonchev–Trinajstić information content (AvgIpc) is 3.16. The Morgan fingerprint density at radius 3 is 2.76 bits per heavy atom. The maximum atomic E-state index is 12.4. The number of carbonyl (C=O) groups is 2. The normalized spacial score (nSPS) is 13.4. The number of anilines is 1. The molecule has 0 unspecified atom stereocenters. The number of methoxy groups -OCH3 is 1. The van der Waals surface area contributed by atoms with Crippen molar-refractivity contribution in [3.8, 4) is 5.75 Å². The van der Waals surface area contributed by atoms with E-state index in [1.807, 2.05) is 29.2 Å². The number of rotatable bonds is 10. The van der Waals surface area contributed by atoms with E-state index in [1.54, 1.807) is 25.4 Å². The summed E-state index contributed by atoms with van der Waals surface area (Å²) in [6, 6.07) is 11.3. The summed E-state index contributed by atoms with van der Waals surface area (Å²) in [7, 11) is 1.64. The van der Waals surface area contributed by atoms with Gasteiger partial charge in [0.05, 0.1) is 7.11 Å². The zero-order valence-electron chi connectivity index (χ0n) is 16.8.